The zero-order valence-corrected chi connectivity index (χ0v) is 14.5. The van der Waals surface area contributed by atoms with E-state index >= 15 is 0 Å². The first-order valence-corrected chi connectivity index (χ1v) is 8.09. The lowest BCUT2D eigenvalue weighted by Gasteiger charge is -2.17. The Morgan fingerprint density at radius 3 is 2.11 bits per heavy atom. The van der Waals surface area contributed by atoms with Crippen LogP contribution >= 0.6 is 27.3 Å². The van der Waals surface area contributed by atoms with Crippen LogP contribution in [0.15, 0.2) is 22.7 Å². The summed E-state index contributed by atoms with van der Waals surface area (Å²) in [5, 5.41) is 3.61. The summed E-state index contributed by atoms with van der Waals surface area (Å²) in [4.78, 5) is 2.78. The second-order valence-corrected chi connectivity index (χ2v) is 7.41. The van der Waals surface area contributed by atoms with Gasteiger partial charge in [0.15, 0.2) is 0 Å². The summed E-state index contributed by atoms with van der Waals surface area (Å²) < 4.78 is 1.20. The van der Waals surface area contributed by atoms with Gasteiger partial charge in [0.1, 0.15) is 0 Å². The van der Waals surface area contributed by atoms with Crippen molar-refractivity contribution in [3.05, 3.63) is 49.1 Å². The fraction of sp³-hybridized carbons (Fsp3) is 0.375. The summed E-state index contributed by atoms with van der Waals surface area (Å²) in [7, 11) is 0. The lowest BCUT2D eigenvalue weighted by molar-refractivity contribution is 0.881. The van der Waals surface area contributed by atoms with Crippen LogP contribution < -0.4 is 5.32 Å². The molecule has 19 heavy (non-hydrogen) atoms. The SMILES string of the molecule is Cc1cc(C(C)Nc2cc(C)c(Br)c(C)c2)c(C)s1. The Hall–Kier alpha value is -0.800. The average Bonchev–Trinajstić information content (AvgIpc) is 2.65. The first-order valence-electron chi connectivity index (χ1n) is 6.48. The molecule has 1 nitrogen and oxygen atoms in total. The molecule has 1 unspecified atom stereocenters. The predicted octanol–water partition coefficient (Wildman–Crippen LogP) is 5.92. The maximum atomic E-state index is 3.61. The number of aryl methyl sites for hydroxylation is 4. The van der Waals surface area contributed by atoms with Crippen molar-refractivity contribution in [3.8, 4) is 0 Å². The molecule has 0 aliphatic rings. The van der Waals surface area contributed by atoms with Crippen LogP contribution in [0.1, 0.15) is 39.4 Å². The number of halogens is 1. The monoisotopic (exact) mass is 337 g/mol. The molecule has 0 aliphatic carbocycles. The minimum atomic E-state index is 0.338. The number of nitrogens with one attached hydrogen (secondary N) is 1. The number of anilines is 1. The number of thiophene rings is 1. The lowest BCUT2D eigenvalue weighted by Crippen LogP contribution is -2.07. The third kappa shape index (κ3) is 3.21. The molecule has 0 spiro atoms. The van der Waals surface area contributed by atoms with E-state index in [0.29, 0.717) is 6.04 Å². The molecular weight excluding hydrogens is 318 g/mol. The molecule has 2 aromatic rings. The van der Waals surface area contributed by atoms with Crippen molar-refractivity contribution in [2.45, 2.75) is 40.7 Å². The van der Waals surface area contributed by atoms with E-state index in [-0.39, 0.29) is 0 Å². The van der Waals surface area contributed by atoms with Gasteiger partial charge in [0.05, 0.1) is 0 Å². The van der Waals surface area contributed by atoms with Crippen molar-refractivity contribution in [2.75, 3.05) is 5.32 Å². The second kappa shape index (κ2) is 5.68. The Balaban J connectivity index is 2.24. The summed E-state index contributed by atoms with van der Waals surface area (Å²) in [5.74, 6) is 0. The first kappa shape index (κ1) is 14.6. The molecule has 0 aliphatic heterocycles. The molecule has 0 amide bonds. The molecule has 0 bridgehead atoms. The van der Waals surface area contributed by atoms with Crippen LogP contribution in [0.5, 0.6) is 0 Å². The van der Waals surface area contributed by atoms with Gasteiger partial charge >= 0.3 is 0 Å². The van der Waals surface area contributed by atoms with E-state index in [2.05, 4.69) is 74.1 Å². The largest absolute Gasteiger partial charge is 0.378 e. The summed E-state index contributed by atoms with van der Waals surface area (Å²) in [6.07, 6.45) is 0. The highest BCUT2D eigenvalue weighted by Gasteiger charge is 2.12. The molecule has 2 rings (SSSR count). The Labute approximate surface area is 128 Å². The molecule has 1 heterocycles. The molecule has 0 saturated heterocycles. The Bertz CT molecular complexity index is 578. The van der Waals surface area contributed by atoms with Gasteiger partial charge in [0, 0.05) is 26.0 Å². The number of hydrogen-bond acceptors (Lipinski definition) is 2. The molecule has 0 fully saturated rings. The molecule has 1 atom stereocenters. The second-order valence-electron chi connectivity index (χ2n) is 5.16. The molecular formula is C16H20BrNS. The highest BCUT2D eigenvalue weighted by atomic mass is 79.9. The molecule has 0 radical (unpaired) electrons. The minimum Gasteiger partial charge on any atom is -0.378 e. The van der Waals surface area contributed by atoms with Crippen molar-refractivity contribution >= 4 is 33.0 Å². The first-order chi connectivity index (χ1) is 8.88. The van der Waals surface area contributed by atoms with Gasteiger partial charge in [-0.05, 0) is 69.5 Å². The average molecular weight is 338 g/mol. The van der Waals surface area contributed by atoms with Crippen molar-refractivity contribution in [3.63, 3.8) is 0 Å². The van der Waals surface area contributed by atoms with Crippen molar-refractivity contribution < 1.29 is 0 Å². The molecule has 0 saturated carbocycles. The minimum absolute atomic E-state index is 0.338. The van der Waals surface area contributed by atoms with Gasteiger partial charge in [0.25, 0.3) is 0 Å². The molecule has 102 valence electrons. The Morgan fingerprint density at radius 2 is 1.63 bits per heavy atom. The quantitative estimate of drug-likeness (QED) is 0.733. The van der Waals surface area contributed by atoms with E-state index in [4.69, 9.17) is 0 Å². The third-order valence-corrected chi connectivity index (χ3v) is 5.60. The lowest BCUT2D eigenvalue weighted by atomic mass is 10.1. The van der Waals surface area contributed by atoms with Gasteiger partial charge in [-0.15, -0.1) is 11.3 Å². The number of rotatable bonds is 3. The number of hydrogen-bond donors (Lipinski definition) is 1. The van der Waals surface area contributed by atoms with Crippen molar-refractivity contribution in [1.29, 1.82) is 0 Å². The van der Waals surface area contributed by atoms with Crippen molar-refractivity contribution in [1.82, 2.24) is 0 Å². The highest BCUT2D eigenvalue weighted by molar-refractivity contribution is 9.10. The maximum absolute atomic E-state index is 3.61. The van der Waals surface area contributed by atoms with Crippen LogP contribution in [0.25, 0.3) is 0 Å². The zero-order chi connectivity index (χ0) is 14.2. The summed E-state index contributed by atoms with van der Waals surface area (Å²) in [6.45, 7) is 10.9. The van der Waals surface area contributed by atoms with Crippen LogP contribution in [0.2, 0.25) is 0 Å². The van der Waals surface area contributed by atoms with Crippen LogP contribution in [0.4, 0.5) is 5.69 Å². The smallest absolute Gasteiger partial charge is 0.0496 e. The predicted molar refractivity (Wildman–Crippen MR) is 89.4 cm³/mol. The highest BCUT2D eigenvalue weighted by Crippen LogP contribution is 2.30. The fourth-order valence-electron chi connectivity index (χ4n) is 2.44. The maximum Gasteiger partial charge on any atom is 0.0496 e. The van der Waals surface area contributed by atoms with Crippen LogP contribution in [0, 0.1) is 27.7 Å². The van der Waals surface area contributed by atoms with Crippen molar-refractivity contribution in [2.24, 2.45) is 0 Å². The van der Waals surface area contributed by atoms with E-state index in [0.717, 1.165) is 0 Å². The van der Waals surface area contributed by atoms with Gasteiger partial charge in [-0.3, -0.25) is 0 Å². The van der Waals surface area contributed by atoms with E-state index in [1.54, 1.807) is 0 Å². The van der Waals surface area contributed by atoms with Gasteiger partial charge in [-0.1, -0.05) is 15.9 Å². The third-order valence-electron chi connectivity index (χ3n) is 3.37. The summed E-state index contributed by atoms with van der Waals surface area (Å²) in [6, 6.07) is 7.02. The standard InChI is InChI=1S/C16H20BrNS/c1-9-6-14(7-10(2)16(9)17)18-12(4)15-8-11(3)19-13(15)5/h6-8,12,18H,1-5H3. The van der Waals surface area contributed by atoms with E-state index in [9.17, 15) is 0 Å². The van der Waals surface area contributed by atoms with E-state index < -0.39 is 0 Å². The topological polar surface area (TPSA) is 12.0 Å². The van der Waals surface area contributed by atoms with Gasteiger partial charge in [0.2, 0.25) is 0 Å². The van der Waals surface area contributed by atoms with Gasteiger partial charge in [-0.25, -0.2) is 0 Å². The van der Waals surface area contributed by atoms with Crippen LogP contribution in [-0.2, 0) is 0 Å². The Morgan fingerprint density at radius 1 is 1.05 bits per heavy atom. The zero-order valence-electron chi connectivity index (χ0n) is 12.1. The fourth-order valence-corrected chi connectivity index (χ4v) is 3.69. The van der Waals surface area contributed by atoms with Gasteiger partial charge in [-0.2, -0.15) is 0 Å². The van der Waals surface area contributed by atoms with E-state index in [1.165, 1.54) is 36.6 Å². The number of benzene rings is 1. The van der Waals surface area contributed by atoms with E-state index in [1.807, 2.05) is 11.3 Å². The molecule has 3 heteroatoms. The van der Waals surface area contributed by atoms with Crippen LogP contribution in [-0.4, -0.2) is 0 Å². The summed E-state index contributed by atoms with van der Waals surface area (Å²) >= 11 is 5.48. The Kier molecular flexibility index (Phi) is 4.36. The molecule has 1 aromatic carbocycles. The normalized spacial score (nSPS) is 12.5. The van der Waals surface area contributed by atoms with Gasteiger partial charge < -0.3 is 5.32 Å². The summed E-state index contributed by atoms with van der Waals surface area (Å²) in [5.41, 5.74) is 5.13. The van der Waals surface area contributed by atoms with Crippen LogP contribution in [0.3, 0.4) is 0 Å². The molecule has 1 aromatic heterocycles. The molecule has 1 N–H and O–H groups in total.